The van der Waals surface area contributed by atoms with Gasteiger partial charge in [0.15, 0.2) is 0 Å². The summed E-state index contributed by atoms with van der Waals surface area (Å²) in [6, 6.07) is 9.17. The number of halogens is 1. The van der Waals surface area contributed by atoms with Crippen molar-refractivity contribution in [2.24, 2.45) is 0 Å². The molecule has 114 valence electrons. The zero-order valence-electron chi connectivity index (χ0n) is 12.5. The van der Waals surface area contributed by atoms with Crippen molar-refractivity contribution in [3.05, 3.63) is 52.8 Å². The monoisotopic (exact) mass is 315 g/mol. The number of nitrogens with zero attached hydrogens (tertiary/aromatic N) is 2. The summed E-state index contributed by atoms with van der Waals surface area (Å²) in [5, 5.41) is 3.49. The fourth-order valence-corrected chi connectivity index (χ4v) is 2.79. The molecule has 5 heteroatoms. The summed E-state index contributed by atoms with van der Waals surface area (Å²) in [7, 11) is 0. The van der Waals surface area contributed by atoms with E-state index in [0.717, 1.165) is 24.3 Å². The maximum absolute atomic E-state index is 12.3. The molecule has 3 rings (SSSR count). The second-order valence-corrected chi connectivity index (χ2v) is 5.87. The normalized spacial score (nSPS) is 14.2. The lowest BCUT2D eigenvalue weighted by atomic mass is 10.2. The summed E-state index contributed by atoms with van der Waals surface area (Å²) in [6.07, 6.45) is 4.21. The molecule has 0 unspecified atom stereocenters. The van der Waals surface area contributed by atoms with Crippen LogP contribution in [0.3, 0.4) is 0 Å². The minimum atomic E-state index is -0.224. The quantitative estimate of drug-likeness (QED) is 0.934. The van der Waals surface area contributed by atoms with Gasteiger partial charge in [0, 0.05) is 23.8 Å². The Labute approximate surface area is 135 Å². The SMILES string of the molecule is Cc1c(Cl)cccc1NC(=O)c1ccc(N2CCCC2)cn1. The Hall–Kier alpha value is -2.07. The largest absolute Gasteiger partial charge is 0.370 e. The highest BCUT2D eigenvalue weighted by Crippen LogP contribution is 2.24. The summed E-state index contributed by atoms with van der Waals surface area (Å²) < 4.78 is 0. The van der Waals surface area contributed by atoms with Crippen LogP contribution in [0.2, 0.25) is 5.02 Å². The van der Waals surface area contributed by atoms with Crippen LogP contribution in [0.15, 0.2) is 36.5 Å². The number of rotatable bonds is 3. The fourth-order valence-electron chi connectivity index (χ4n) is 2.61. The molecular weight excluding hydrogens is 298 g/mol. The van der Waals surface area contributed by atoms with E-state index in [4.69, 9.17) is 11.6 Å². The molecule has 0 aliphatic carbocycles. The van der Waals surface area contributed by atoms with Crippen LogP contribution in [0.25, 0.3) is 0 Å². The highest BCUT2D eigenvalue weighted by atomic mass is 35.5. The number of anilines is 2. The Morgan fingerprint density at radius 2 is 2.00 bits per heavy atom. The van der Waals surface area contributed by atoms with Gasteiger partial charge in [-0.05, 0) is 49.6 Å². The predicted molar refractivity (Wildman–Crippen MR) is 89.8 cm³/mol. The van der Waals surface area contributed by atoms with Gasteiger partial charge < -0.3 is 10.2 Å². The van der Waals surface area contributed by atoms with Crippen molar-refractivity contribution < 1.29 is 4.79 Å². The number of carbonyl (C=O) groups excluding carboxylic acids is 1. The van der Waals surface area contributed by atoms with E-state index in [-0.39, 0.29) is 5.91 Å². The first-order valence-electron chi connectivity index (χ1n) is 7.42. The Balaban J connectivity index is 1.73. The van der Waals surface area contributed by atoms with Crippen molar-refractivity contribution in [3.8, 4) is 0 Å². The molecule has 0 atom stereocenters. The summed E-state index contributed by atoms with van der Waals surface area (Å²) >= 11 is 6.06. The molecule has 0 bridgehead atoms. The maximum atomic E-state index is 12.3. The van der Waals surface area contributed by atoms with Gasteiger partial charge >= 0.3 is 0 Å². The molecule has 22 heavy (non-hydrogen) atoms. The molecule has 1 aliphatic heterocycles. The smallest absolute Gasteiger partial charge is 0.274 e. The van der Waals surface area contributed by atoms with E-state index >= 15 is 0 Å². The van der Waals surface area contributed by atoms with E-state index in [1.165, 1.54) is 12.8 Å². The molecule has 1 aliphatic rings. The first-order chi connectivity index (χ1) is 10.6. The number of benzene rings is 1. The molecule has 0 radical (unpaired) electrons. The highest BCUT2D eigenvalue weighted by Gasteiger charge is 2.14. The molecule has 0 spiro atoms. The zero-order valence-corrected chi connectivity index (χ0v) is 13.2. The molecule has 1 aromatic heterocycles. The highest BCUT2D eigenvalue weighted by molar-refractivity contribution is 6.31. The third kappa shape index (κ3) is 3.07. The van der Waals surface area contributed by atoms with E-state index in [1.807, 2.05) is 25.1 Å². The maximum Gasteiger partial charge on any atom is 0.274 e. The van der Waals surface area contributed by atoms with Crippen molar-refractivity contribution >= 4 is 28.9 Å². The minimum Gasteiger partial charge on any atom is -0.370 e. The summed E-state index contributed by atoms with van der Waals surface area (Å²) in [5.74, 6) is -0.224. The first-order valence-corrected chi connectivity index (χ1v) is 7.80. The van der Waals surface area contributed by atoms with E-state index in [2.05, 4.69) is 15.2 Å². The van der Waals surface area contributed by atoms with Gasteiger partial charge in [-0.25, -0.2) is 4.98 Å². The topological polar surface area (TPSA) is 45.2 Å². The van der Waals surface area contributed by atoms with Gasteiger partial charge in [0.1, 0.15) is 5.69 Å². The van der Waals surface area contributed by atoms with Gasteiger partial charge in [0.25, 0.3) is 5.91 Å². The van der Waals surface area contributed by atoms with Gasteiger partial charge in [-0.1, -0.05) is 17.7 Å². The van der Waals surface area contributed by atoms with E-state index in [0.29, 0.717) is 16.4 Å². The molecule has 0 saturated carbocycles. The third-order valence-electron chi connectivity index (χ3n) is 3.97. The predicted octanol–water partition coefficient (Wildman–Crippen LogP) is 3.90. The number of hydrogen-bond acceptors (Lipinski definition) is 3. The molecule has 1 N–H and O–H groups in total. The Morgan fingerprint density at radius 1 is 1.23 bits per heavy atom. The number of amides is 1. The molecule has 1 fully saturated rings. The summed E-state index contributed by atoms with van der Waals surface area (Å²) in [6.45, 7) is 4.01. The second kappa shape index (κ2) is 6.36. The van der Waals surface area contributed by atoms with E-state index in [9.17, 15) is 4.79 Å². The fraction of sp³-hybridized carbons (Fsp3) is 0.294. The van der Waals surface area contributed by atoms with Gasteiger partial charge in [-0.15, -0.1) is 0 Å². The Morgan fingerprint density at radius 3 is 2.68 bits per heavy atom. The summed E-state index contributed by atoms with van der Waals surface area (Å²) in [4.78, 5) is 18.9. The van der Waals surface area contributed by atoms with Crippen molar-refractivity contribution in [2.45, 2.75) is 19.8 Å². The number of carbonyl (C=O) groups is 1. The lowest BCUT2D eigenvalue weighted by molar-refractivity contribution is 0.102. The average Bonchev–Trinajstić information content (AvgIpc) is 3.06. The van der Waals surface area contributed by atoms with Crippen LogP contribution < -0.4 is 10.2 Å². The van der Waals surface area contributed by atoms with Crippen LogP contribution in [0.4, 0.5) is 11.4 Å². The third-order valence-corrected chi connectivity index (χ3v) is 4.38. The van der Waals surface area contributed by atoms with Crippen molar-refractivity contribution in [1.29, 1.82) is 0 Å². The van der Waals surface area contributed by atoms with Gasteiger partial charge in [0.2, 0.25) is 0 Å². The lowest BCUT2D eigenvalue weighted by Crippen LogP contribution is -2.19. The second-order valence-electron chi connectivity index (χ2n) is 5.46. The first kappa shape index (κ1) is 14.9. The van der Waals surface area contributed by atoms with Crippen LogP contribution in [0.5, 0.6) is 0 Å². The summed E-state index contributed by atoms with van der Waals surface area (Å²) in [5.41, 5.74) is 3.05. The van der Waals surface area contributed by atoms with Gasteiger partial charge in [0.05, 0.1) is 11.9 Å². The van der Waals surface area contributed by atoms with Crippen molar-refractivity contribution in [1.82, 2.24) is 4.98 Å². The molecule has 1 saturated heterocycles. The Bertz CT molecular complexity index is 679. The average molecular weight is 316 g/mol. The zero-order chi connectivity index (χ0) is 15.5. The molecule has 1 aromatic carbocycles. The molecule has 4 nitrogen and oxygen atoms in total. The van der Waals surface area contributed by atoms with E-state index < -0.39 is 0 Å². The molecular formula is C17H18ClN3O. The number of aromatic nitrogens is 1. The van der Waals surface area contributed by atoms with Crippen LogP contribution in [0.1, 0.15) is 28.9 Å². The van der Waals surface area contributed by atoms with Gasteiger partial charge in [-0.2, -0.15) is 0 Å². The number of nitrogens with one attached hydrogen (secondary N) is 1. The molecule has 2 heterocycles. The number of pyridine rings is 1. The van der Waals surface area contributed by atoms with Crippen molar-refractivity contribution in [2.75, 3.05) is 23.3 Å². The van der Waals surface area contributed by atoms with Crippen LogP contribution in [-0.2, 0) is 0 Å². The Kier molecular flexibility index (Phi) is 4.29. The van der Waals surface area contributed by atoms with Gasteiger partial charge in [-0.3, -0.25) is 4.79 Å². The lowest BCUT2D eigenvalue weighted by Gasteiger charge is -2.17. The van der Waals surface area contributed by atoms with Crippen molar-refractivity contribution in [3.63, 3.8) is 0 Å². The van der Waals surface area contributed by atoms with Crippen LogP contribution in [0, 0.1) is 6.92 Å². The van der Waals surface area contributed by atoms with Crippen LogP contribution >= 0.6 is 11.6 Å². The molecule has 2 aromatic rings. The standard InChI is InChI=1S/C17H18ClN3O/c1-12-14(18)5-4-6-15(12)20-17(22)16-8-7-13(11-19-16)21-9-2-3-10-21/h4-8,11H,2-3,9-10H2,1H3,(H,20,22). The minimum absolute atomic E-state index is 0.224. The number of hydrogen-bond donors (Lipinski definition) is 1. The molecule has 1 amide bonds. The van der Waals surface area contributed by atoms with E-state index in [1.54, 1.807) is 18.3 Å². The van der Waals surface area contributed by atoms with Crippen LogP contribution in [-0.4, -0.2) is 24.0 Å².